The quantitative estimate of drug-likeness (QED) is 0.813. The maximum absolute atomic E-state index is 12.4. The first-order valence-corrected chi connectivity index (χ1v) is 8.57. The fourth-order valence-electron chi connectivity index (χ4n) is 2.72. The summed E-state index contributed by atoms with van der Waals surface area (Å²) < 4.78 is 0. The fraction of sp³-hybridized carbons (Fsp3) is 0.350. The number of hydrogen-bond donors (Lipinski definition) is 1. The van der Waals surface area contributed by atoms with Gasteiger partial charge in [-0.05, 0) is 48.7 Å². The Hall–Kier alpha value is -1.84. The number of likely N-dealkylation sites (N-methyl/N-ethyl adjacent to an activating group) is 1. The van der Waals surface area contributed by atoms with Crippen LogP contribution in [-0.4, -0.2) is 24.4 Å². The molecule has 24 heavy (non-hydrogen) atoms. The second-order valence-corrected chi connectivity index (χ2v) is 6.98. The second kappa shape index (κ2) is 8.32. The van der Waals surface area contributed by atoms with Crippen molar-refractivity contribution in [3.05, 3.63) is 64.2 Å². The van der Waals surface area contributed by atoms with Gasteiger partial charge in [0, 0.05) is 17.3 Å². The number of rotatable bonds is 6. The Balaban J connectivity index is 1.99. The lowest BCUT2D eigenvalue weighted by atomic mass is 9.98. The predicted molar refractivity (Wildman–Crippen MR) is 102 cm³/mol. The van der Waals surface area contributed by atoms with Crippen molar-refractivity contribution < 1.29 is 4.79 Å². The van der Waals surface area contributed by atoms with E-state index in [1.165, 1.54) is 5.56 Å². The summed E-state index contributed by atoms with van der Waals surface area (Å²) in [5, 5.41) is 3.81. The smallest absolute Gasteiger partial charge is 0.238 e. The van der Waals surface area contributed by atoms with Crippen molar-refractivity contribution in [2.24, 2.45) is 0 Å². The van der Waals surface area contributed by atoms with E-state index in [0.29, 0.717) is 19.0 Å². The largest absolute Gasteiger partial charge is 0.324 e. The van der Waals surface area contributed by atoms with Gasteiger partial charge in [0.2, 0.25) is 5.91 Å². The van der Waals surface area contributed by atoms with Crippen molar-refractivity contribution in [2.45, 2.75) is 33.2 Å². The van der Waals surface area contributed by atoms with Gasteiger partial charge < -0.3 is 5.32 Å². The zero-order valence-corrected chi connectivity index (χ0v) is 15.5. The van der Waals surface area contributed by atoms with Crippen molar-refractivity contribution in [3.8, 4) is 0 Å². The van der Waals surface area contributed by atoms with Gasteiger partial charge in [-0.3, -0.25) is 9.69 Å². The molecule has 0 saturated carbocycles. The van der Waals surface area contributed by atoms with Crippen LogP contribution in [0.3, 0.4) is 0 Å². The van der Waals surface area contributed by atoms with Gasteiger partial charge in [0.15, 0.2) is 0 Å². The van der Waals surface area contributed by atoms with Gasteiger partial charge >= 0.3 is 0 Å². The number of carbonyl (C=O) groups excluding carboxylic acids is 1. The molecule has 0 atom stereocenters. The molecule has 2 rings (SSSR count). The number of benzene rings is 2. The minimum atomic E-state index is 0.00247. The molecule has 0 heterocycles. The van der Waals surface area contributed by atoms with Crippen LogP contribution in [0.2, 0.25) is 5.02 Å². The maximum atomic E-state index is 12.4. The number of amides is 1. The van der Waals surface area contributed by atoms with Crippen molar-refractivity contribution in [2.75, 3.05) is 18.9 Å². The number of halogens is 1. The van der Waals surface area contributed by atoms with E-state index in [-0.39, 0.29) is 5.91 Å². The fourth-order valence-corrected chi connectivity index (χ4v) is 2.85. The van der Waals surface area contributed by atoms with Crippen LogP contribution in [-0.2, 0) is 11.3 Å². The molecule has 0 bridgehead atoms. The summed E-state index contributed by atoms with van der Waals surface area (Å²) in [5.74, 6) is 0.370. The number of anilines is 1. The average molecular weight is 345 g/mol. The molecule has 0 spiro atoms. The standard InChI is InChI=1S/C20H25ClN2O/c1-14(2)18-7-5-6-15(3)20(18)22-19(24)13-23(4)12-16-8-10-17(21)11-9-16/h5-11,14H,12-13H2,1-4H3,(H,22,24). The summed E-state index contributed by atoms with van der Waals surface area (Å²) in [6.07, 6.45) is 0. The molecule has 1 amide bonds. The van der Waals surface area contributed by atoms with E-state index in [2.05, 4.69) is 25.2 Å². The Kier molecular flexibility index (Phi) is 6.41. The number of nitrogens with one attached hydrogen (secondary N) is 1. The molecule has 0 aromatic heterocycles. The van der Waals surface area contributed by atoms with E-state index in [1.54, 1.807) is 0 Å². The van der Waals surface area contributed by atoms with Gasteiger partial charge in [-0.15, -0.1) is 0 Å². The molecule has 3 nitrogen and oxygen atoms in total. The van der Waals surface area contributed by atoms with E-state index in [9.17, 15) is 4.79 Å². The predicted octanol–water partition coefficient (Wildman–Crippen LogP) is 4.84. The molecule has 2 aromatic carbocycles. The lowest BCUT2D eigenvalue weighted by Gasteiger charge is -2.19. The number of aryl methyl sites for hydroxylation is 1. The number of hydrogen-bond acceptors (Lipinski definition) is 2. The Labute approximate surface area is 149 Å². The zero-order valence-electron chi connectivity index (χ0n) is 14.8. The topological polar surface area (TPSA) is 32.3 Å². The van der Waals surface area contributed by atoms with Crippen molar-refractivity contribution >= 4 is 23.2 Å². The molecule has 0 aliphatic rings. The maximum Gasteiger partial charge on any atom is 0.238 e. The SMILES string of the molecule is Cc1cccc(C(C)C)c1NC(=O)CN(C)Cc1ccc(Cl)cc1. The highest BCUT2D eigenvalue weighted by Gasteiger charge is 2.13. The third-order valence-electron chi connectivity index (χ3n) is 3.97. The van der Waals surface area contributed by atoms with E-state index in [1.807, 2.05) is 55.3 Å². The average Bonchev–Trinajstić information content (AvgIpc) is 2.51. The summed E-state index contributed by atoms with van der Waals surface area (Å²) in [6.45, 7) is 7.34. The summed E-state index contributed by atoms with van der Waals surface area (Å²) in [6, 6.07) is 13.8. The van der Waals surface area contributed by atoms with Crippen molar-refractivity contribution in [1.29, 1.82) is 0 Å². The minimum absolute atomic E-state index is 0.00247. The summed E-state index contributed by atoms with van der Waals surface area (Å²) >= 11 is 5.90. The minimum Gasteiger partial charge on any atom is -0.324 e. The van der Waals surface area contributed by atoms with Crippen LogP contribution in [0.15, 0.2) is 42.5 Å². The Morgan fingerprint density at radius 2 is 1.83 bits per heavy atom. The summed E-state index contributed by atoms with van der Waals surface area (Å²) in [7, 11) is 1.94. The molecule has 2 aromatic rings. The molecule has 0 aliphatic heterocycles. The highest BCUT2D eigenvalue weighted by molar-refractivity contribution is 6.30. The molecule has 1 N–H and O–H groups in total. The molecule has 0 radical (unpaired) electrons. The molecule has 0 aliphatic carbocycles. The van der Waals surface area contributed by atoms with Crippen LogP contribution in [0.1, 0.15) is 36.5 Å². The molecular weight excluding hydrogens is 320 g/mol. The van der Waals surface area contributed by atoms with Crippen molar-refractivity contribution in [3.63, 3.8) is 0 Å². The van der Waals surface area contributed by atoms with Crippen LogP contribution in [0.25, 0.3) is 0 Å². The van der Waals surface area contributed by atoms with E-state index in [4.69, 9.17) is 11.6 Å². The van der Waals surface area contributed by atoms with Gasteiger partial charge in [0.1, 0.15) is 0 Å². The molecule has 128 valence electrons. The summed E-state index contributed by atoms with van der Waals surface area (Å²) in [5.41, 5.74) is 4.34. The molecule has 4 heteroatoms. The third kappa shape index (κ3) is 5.08. The van der Waals surface area contributed by atoms with Crippen LogP contribution < -0.4 is 5.32 Å². The Bertz CT molecular complexity index is 695. The van der Waals surface area contributed by atoms with Crippen LogP contribution in [0, 0.1) is 6.92 Å². The van der Waals surface area contributed by atoms with Gasteiger partial charge in [-0.2, -0.15) is 0 Å². The van der Waals surface area contributed by atoms with Gasteiger partial charge in [-0.25, -0.2) is 0 Å². The first-order valence-electron chi connectivity index (χ1n) is 8.19. The number of carbonyl (C=O) groups is 1. The zero-order chi connectivity index (χ0) is 17.7. The third-order valence-corrected chi connectivity index (χ3v) is 4.22. The van der Waals surface area contributed by atoms with Crippen LogP contribution in [0.4, 0.5) is 5.69 Å². The normalized spacial score (nSPS) is 11.1. The molecule has 0 saturated heterocycles. The molecule has 0 fully saturated rings. The van der Waals surface area contributed by atoms with E-state index in [0.717, 1.165) is 21.8 Å². The second-order valence-electron chi connectivity index (χ2n) is 6.54. The van der Waals surface area contributed by atoms with Gasteiger partial charge in [0.25, 0.3) is 0 Å². The van der Waals surface area contributed by atoms with Gasteiger partial charge in [-0.1, -0.05) is 55.8 Å². The Morgan fingerprint density at radius 1 is 1.17 bits per heavy atom. The lowest BCUT2D eigenvalue weighted by Crippen LogP contribution is -2.30. The van der Waals surface area contributed by atoms with Gasteiger partial charge in [0.05, 0.1) is 6.54 Å². The van der Waals surface area contributed by atoms with E-state index >= 15 is 0 Å². The lowest BCUT2D eigenvalue weighted by molar-refractivity contribution is -0.117. The summed E-state index contributed by atoms with van der Waals surface area (Å²) in [4.78, 5) is 14.4. The van der Waals surface area contributed by atoms with E-state index < -0.39 is 0 Å². The first-order chi connectivity index (χ1) is 11.4. The highest BCUT2D eigenvalue weighted by atomic mass is 35.5. The number of nitrogens with zero attached hydrogens (tertiary/aromatic N) is 1. The van der Waals surface area contributed by atoms with Crippen LogP contribution in [0.5, 0.6) is 0 Å². The first kappa shape index (κ1) is 18.5. The van der Waals surface area contributed by atoms with Crippen LogP contribution >= 0.6 is 11.6 Å². The monoisotopic (exact) mass is 344 g/mol. The number of para-hydroxylation sites is 1. The highest BCUT2D eigenvalue weighted by Crippen LogP contribution is 2.27. The Morgan fingerprint density at radius 3 is 2.46 bits per heavy atom. The molecule has 0 unspecified atom stereocenters. The molecular formula is C20H25ClN2O. The van der Waals surface area contributed by atoms with Crippen molar-refractivity contribution in [1.82, 2.24) is 4.90 Å².